The molecule has 0 radical (unpaired) electrons. The maximum atomic E-state index is 11.7. The molecule has 1 aromatic carbocycles. The maximum absolute atomic E-state index is 11.7. The number of hydrogen-bond donors (Lipinski definition) is 1. The smallest absolute Gasteiger partial charge is 0.311 e. The van der Waals surface area contributed by atoms with Gasteiger partial charge in [0.1, 0.15) is 0 Å². The summed E-state index contributed by atoms with van der Waals surface area (Å²) in [6.07, 6.45) is -0.791. The minimum atomic E-state index is -0.791. The Morgan fingerprint density at radius 2 is 1.83 bits per heavy atom. The fraction of sp³-hybridized carbons (Fsp3) is 0.385. The Morgan fingerprint density at radius 1 is 1.28 bits per heavy atom. The topological polar surface area (TPSA) is 63.6 Å². The number of aliphatic hydroxyl groups excluding tert-OH is 1. The SMILES string of the molecule is C[C@@H](O)[C@@H](C)C(=O)OCC(=O)c1ccc(Br)cc1. The lowest BCUT2D eigenvalue weighted by molar-refractivity contribution is -0.150. The number of carbonyl (C=O) groups excluding carboxylic acids is 2. The first-order valence-electron chi connectivity index (χ1n) is 5.55. The molecule has 4 nitrogen and oxygen atoms in total. The minimum Gasteiger partial charge on any atom is -0.457 e. The van der Waals surface area contributed by atoms with Crippen molar-refractivity contribution in [2.75, 3.05) is 6.61 Å². The monoisotopic (exact) mass is 314 g/mol. The van der Waals surface area contributed by atoms with E-state index < -0.39 is 18.0 Å². The average Bonchev–Trinajstić information content (AvgIpc) is 2.35. The molecule has 0 aliphatic heterocycles. The van der Waals surface area contributed by atoms with E-state index in [9.17, 15) is 14.7 Å². The van der Waals surface area contributed by atoms with Gasteiger partial charge in [-0.1, -0.05) is 28.1 Å². The molecule has 0 aliphatic carbocycles. The van der Waals surface area contributed by atoms with Crippen LogP contribution < -0.4 is 0 Å². The Morgan fingerprint density at radius 3 is 2.33 bits per heavy atom. The summed E-state index contributed by atoms with van der Waals surface area (Å²) >= 11 is 3.27. The number of carbonyl (C=O) groups is 2. The molecule has 2 atom stereocenters. The van der Waals surface area contributed by atoms with Crippen molar-refractivity contribution < 1.29 is 19.4 Å². The van der Waals surface area contributed by atoms with Gasteiger partial charge >= 0.3 is 5.97 Å². The number of ether oxygens (including phenoxy) is 1. The van der Waals surface area contributed by atoms with Gasteiger partial charge in [-0.15, -0.1) is 0 Å². The van der Waals surface area contributed by atoms with Gasteiger partial charge in [0.2, 0.25) is 0 Å². The molecule has 0 amide bonds. The van der Waals surface area contributed by atoms with Crippen LogP contribution in [0.3, 0.4) is 0 Å². The number of hydrogen-bond acceptors (Lipinski definition) is 4. The molecular weight excluding hydrogens is 300 g/mol. The molecule has 0 fully saturated rings. The first-order valence-corrected chi connectivity index (χ1v) is 6.34. The lowest BCUT2D eigenvalue weighted by atomic mass is 10.1. The standard InChI is InChI=1S/C13H15BrO4/c1-8(9(2)15)13(17)18-7-12(16)10-3-5-11(14)6-4-10/h3-6,8-9,15H,7H2,1-2H3/t8-,9-/m1/s1. The van der Waals surface area contributed by atoms with E-state index in [1.807, 2.05) is 0 Å². The second-order valence-electron chi connectivity index (χ2n) is 4.07. The largest absolute Gasteiger partial charge is 0.457 e. The van der Waals surface area contributed by atoms with Gasteiger partial charge in [-0.3, -0.25) is 9.59 Å². The van der Waals surface area contributed by atoms with Crippen LogP contribution in [-0.4, -0.2) is 29.6 Å². The molecule has 0 bridgehead atoms. The Labute approximate surface area is 114 Å². The maximum Gasteiger partial charge on any atom is 0.311 e. The van der Waals surface area contributed by atoms with Gasteiger partial charge in [-0.25, -0.2) is 0 Å². The molecule has 98 valence electrons. The van der Waals surface area contributed by atoms with Crippen LogP contribution in [-0.2, 0) is 9.53 Å². The molecule has 1 rings (SSSR count). The summed E-state index contributed by atoms with van der Waals surface area (Å²) in [4.78, 5) is 23.1. The molecular formula is C13H15BrO4. The van der Waals surface area contributed by atoms with Crippen LogP contribution in [0.2, 0.25) is 0 Å². The summed E-state index contributed by atoms with van der Waals surface area (Å²) in [5.74, 6) is -1.48. The van der Waals surface area contributed by atoms with Crippen LogP contribution in [0.1, 0.15) is 24.2 Å². The van der Waals surface area contributed by atoms with E-state index >= 15 is 0 Å². The number of aliphatic hydroxyl groups is 1. The summed E-state index contributed by atoms with van der Waals surface area (Å²) < 4.78 is 5.73. The van der Waals surface area contributed by atoms with Gasteiger partial charge in [0, 0.05) is 10.0 Å². The molecule has 0 unspecified atom stereocenters. The van der Waals surface area contributed by atoms with Gasteiger partial charge in [0.15, 0.2) is 12.4 Å². The fourth-order valence-electron chi connectivity index (χ4n) is 1.18. The van der Waals surface area contributed by atoms with Crippen molar-refractivity contribution in [2.24, 2.45) is 5.92 Å². The van der Waals surface area contributed by atoms with Gasteiger partial charge in [0.25, 0.3) is 0 Å². The van der Waals surface area contributed by atoms with Crippen molar-refractivity contribution in [1.82, 2.24) is 0 Å². The van der Waals surface area contributed by atoms with E-state index in [2.05, 4.69) is 15.9 Å². The predicted octanol–water partition coefficient (Wildman–Crippen LogP) is 2.19. The second kappa shape index (κ2) is 6.66. The first-order chi connectivity index (χ1) is 8.41. The Balaban J connectivity index is 2.51. The fourth-order valence-corrected chi connectivity index (χ4v) is 1.45. The zero-order valence-corrected chi connectivity index (χ0v) is 11.8. The van der Waals surface area contributed by atoms with Crippen LogP contribution in [0.5, 0.6) is 0 Å². The molecule has 0 spiro atoms. The van der Waals surface area contributed by atoms with E-state index in [-0.39, 0.29) is 12.4 Å². The van der Waals surface area contributed by atoms with E-state index in [4.69, 9.17) is 4.74 Å². The van der Waals surface area contributed by atoms with Crippen LogP contribution in [0.15, 0.2) is 28.7 Å². The van der Waals surface area contributed by atoms with Crippen LogP contribution in [0, 0.1) is 5.92 Å². The number of Topliss-reactive ketones (excluding diaryl/α,β-unsaturated/α-hetero) is 1. The summed E-state index contributed by atoms with van der Waals surface area (Å²) in [5, 5.41) is 9.21. The third-order valence-corrected chi connectivity index (χ3v) is 3.14. The average molecular weight is 315 g/mol. The van der Waals surface area contributed by atoms with Crippen molar-refractivity contribution in [3.8, 4) is 0 Å². The first kappa shape index (κ1) is 14.9. The van der Waals surface area contributed by atoms with Gasteiger partial charge < -0.3 is 9.84 Å². The van der Waals surface area contributed by atoms with Crippen LogP contribution >= 0.6 is 15.9 Å². The Bertz CT molecular complexity index is 425. The summed E-state index contributed by atoms with van der Waals surface area (Å²) in [7, 11) is 0. The number of ketones is 1. The number of rotatable bonds is 5. The second-order valence-corrected chi connectivity index (χ2v) is 4.98. The summed E-state index contributed by atoms with van der Waals surface area (Å²) in [6, 6.07) is 6.79. The minimum absolute atomic E-state index is 0.270. The van der Waals surface area contributed by atoms with E-state index in [1.165, 1.54) is 6.92 Å². The van der Waals surface area contributed by atoms with E-state index in [0.717, 1.165) is 4.47 Å². The molecule has 0 aromatic heterocycles. The van der Waals surface area contributed by atoms with Crippen LogP contribution in [0.25, 0.3) is 0 Å². The number of benzene rings is 1. The van der Waals surface area contributed by atoms with Gasteiger partial charge in [-0.05, 0) is 26.0 Å². The lowest BCUT2D eigenvalue weighted by Crippen LogP contribution is -2.26. The quantitative estimate of drug-likeness (QED) is 0.668. The lowest BCUT2D eigenvalue weighted by Gasteiger charge is -2.13. The van der Waals surface area contributed by atoms with Crippen molar-refractivity contribution in [3.63, 3.8) is 0 Å². The summed E-state index contributed by atoms with van der Waals surface area (Å²) in [5.41, 5.74) is 0.482. The highest BCUT2D eigenvalue weighted by molar-refractivity contribution is 9.10. The molecule has 0 aliphatic rings. The van der Waals surface area contributed by atoms with Gasteiger partial charge in [-0.2, -0.15) is 0 Å². The third kappa shape index (κ3) is 4.23. The van der Waals surface area contributed by atoms with E-state index in [0.29, 0.717) is 5.56 Å². The Kier molecular flexibility index (Phi) is 5.50. The molecule has 1 aromatic rings. The molecule has 1 N–H and O–H groups in total. The number of esters is 1. The normalized spacial score (nSPS) is 13.8. The van der Waals surface area contributed by atoms with E-state index in [1.54, 1.807) is 31.2 Å². The highest BCUT2D eigenvalue weighted by Gasteiger charge is 2.20. The molecule has 0 heterocycles. The van der Waals surface area contributed by atoms with Crippen molar-refractivity contribution in [3.05, 3.63) is 34.3 Å². The molecule has 5 heteroatoms. The van der Waals surface area contributed by atoms with Crippen molar-refractivity contribution in [2.45, 2.75) is 20.0 Å². The molecule has 0 saturated carbocycles. The highest BCUT2D eigenvalue weighted by Crippen LogP contribution is 2.11. The molecule has 18 heavy (non-hydrogen) atoms. The van der Waals surface area contributed by atoms with Crippen molar-refractivity contribution >= 4 is 27.7 Å². The Hall–Kier alpha value is -1.20. The number of halogens is 1. The zero-order valence-electron chi connectivity index (χ0n) is 10.2. The van der Waals surface area contributed by atoms with Crippen LogP contribution in [0.4, 0.5) is 0 Å². The van der Waals surface area contributed by atoms with Gasteiger partial charge in [0.05, 0.1) is 12.0 Å². The summed E-state index contributed by atoms with van der Waals surface area (Å²) in [6.45, 7) is 2.75. The van der Waals surface area contributed by atoms with Crippen molar-refractivity contribution in [1.29, 1.82) is 0 Å². The highest BCUT2D eigenvalue weighted by atomic mass is 79.9. The zero-order chi connectivity index (χ0) is 13.7. The predicted molar refractivity (Wildman–Crippen MR) is 70.3 cm³/mol. The molecule has 0 saturated heterocycles. The third-order valence-electron chi connectivity index (χ3n) is 2.61.